The van der Waals surface area contributed by atoms with Crippen molar-refractivity contribution in [2.75, 3.05) is 5.32 Å². The second-order valence-electron chi connectivity index (χ2n) is 4.26. The summed E-state index contributed by atoms with van der Waals surface area (Å²) in [7, 11) is 0. The van der Waals surface area contributed by atoms with Crippen molar-refractivity contribution in [3.8, 4) is 0 Å². The Morgan fingerprint density at radius 2 is 1.71 bits per heavy atom. The van der Waals surface area contributed by atoms with Crippen LogP contribution in [0.1, 0.15) is 16.7 Å². The number of hydrogen-bond donors (Lipinski definition) is 1. The lowest BCUT2D eigenvalue weighted by atomic mass is 10.1. The molecule has 0 aliphatic carbocycles. The molecule has 0 heterocycles. The monoisotopic (exact) mass is 245 g/mol. The third-order valence-electron chi connectivity index (χ3n) is 2.83. The van der Waals surface area contributed by atoms with Gasteiger partial charge in [-0.05, 0) is 42.7 Å². The van der Waals surface area contributed by atoms with Gasteiger partial charge in [0, 0.05) is 17.3 Å². The van der Waals surface area contributed by atoms with E-state index in [0.29, 0.717) is 0 Å². The van der Waals surface area contributed by atoms with Crippen molar-refractivity contribution >= 4 is 17.3 Å². The van der Waals surface area contributed by atoms with Crippen LogP contribution >= 0.6 is 11.6 Å². The minimum absolute atomic E-state index is 0.827. The highest BCUT2D eigenvalue weighted by Gasteiger charge is 2.02. The number of hydrogen-bond acceptors (Lipinski definition) is 1. The van der Waals surface area contributed by atoms with Gasteiger partial charge in [0.25, 0.3) is 0 Å². The molecule has 0 amide bonds. The molecule has 2 aromatic carbocycles. The zero-order valence-corrected chi connectivity index (χ0v) is 10.9. The Morgan fingerprint density at radius 1 is 1.00 bits per heavy atom. The zero-order chi connectivity index (χ0) is 12.3. The van der Waals surface area contributed by atoms with Gasteiger partial charge in [-0.3, -0.25) is 0 Å². The van der Waals surface area contributed by atoms with Gasteiger partial charge in [0.15, 0.2) is 0 Å². The molecule has 1 nitrogen and oxygen atoms in total. The van der Waals surface area contributed by atoms with Gasteiger partial charge >= 0.3 is 0 Å². The molecule has 1 N–H and O–H groups in total. The molecule has 0 radical (unpaired) electrons. The molecule has 2 aromatic rings. The molecule has 0 fully saturated rings. The van der Waals surface area contributed by atoms with Crippen molar-refractivity contribution in [1.82, 2.24) is 0 Å². The number of halogens is 1. The fourth-order valence-electron chi connectivity index (χ4n) is 1.76. The van der Waals surface area contributed by atoms with E-state index in [4.69, 9.17) is 11.6 Å². The molecule has 0 atom stereocenters. The van der Waals surface area contributed by atoms with Crippen molar-refractivity contribution < 1.29 is 0 Å². The van der Waals surface area contributed by atoms with Gasteiger partial charge in [0.05, 0.1) is 0 Å². The number of anilines is 1. The largest absolute Gasteiger partial charge is 0.381 e. The molecule has 0 aliphatic rings. The molecule has 0 unspecified atom stereocenters. The molecule has 88 valence electrons. The topological polar surface area (TPSA) is 12.0 Å². The fourth-order valence-corrected chi connectivity index (χ4v) is 1.98. The van der Waals surface area contributed by atoms with Crippen LogP contribution in [0.5, 0.6) is 0 Å². The maximum atomic E-state index is 6.08. The second-order valence-corrected chi connectivity index (χ2v) is 4.66. The lowest BCUT2D eigenvalue weighted by molar-refractivity contribution is 1.14. The van der Waals surface area contributed by atoms with Gasteiger partial charge < -0.3 is 5.32 Å². The van der Waals surface area contributed by atoms with Gasteiger partial charge in [0.2, 0.25) is 0 Å². The van der Waals surface area contributed by atoms with Gasteiger partial charge in [-0.2, -0.15) is 0 Å². The van der Waals surface area contributed by atoms with E-state index in [2.05, 4.69) is 42.6 Å². The van der Waals surface area contributed by atoms with E-state index in [1.54, 1.807) is 0 Å². The molecule has 2 heteroatoms. The molecule has 0 aromatic heterocycles. The van der Waals surface area contributed by atoms with E-state index in [0.717, 1.165) is 22.8 Å². The van der Waals surface area contributed by atoms with Crippen LogP contribution in [-0.4, -0.2) is 0 Å². The van der Waals surface area contributed by atoms with Crippen LogP contribution < -0.4 is 5.32 Å². The molecule has 0 aliphatic heterocycles. The van der Waals surface area contributed by atoms with Crippen molar-refractivity contribution in [3.05, 3.63) is 64.2 Å². The average molecular weight is 246 g/mol. The number of aryl methyl sites for hydroxylation is 2. The Morgan fingerprint density at radius 3 is 2.41 bits per heavy atom. The molecule has 2 rings (SSSR count). The molecule has 0 bridgehead atoms. The predicted octanol–water partition coefficient (Wildman–Crippen LogP) is 4.57. The van der Waals surface area contributed by atoms with Crippen LogP contribution in [0.25, 0.3) is 0 Å². The Kier molecular flexibility index (Phi) is 3.70. The van der Waals surface area contributed by atoms with Crippen LogP contribution in [0.4, 0.5) is 5.69 Å². The molecular weight excluding hydrogens is 230 g/mol. The van der Waals surface area contributed by atoms with E-state index in [-0.39, 0.29) is 0 Å². The first-order valence-electron chi connectivity index (χ1n) is 5.71. The highest BCUT2D eigenvalue weighted by Crippen LogP contribution is 2.24. The summed E-state index contributed by atoms with van der Waals surface area (Å²) in [4.78, 5) is 0. The van der Waals surface area contributed by atoms with E-state index in [1.165, 1.54) is 11.1 Å². The Labute approximate surface area is 107 Å². The molecule has 0 saturated heterocycles. The summed E-state index contributed by atoms with van der Waals surface area (Å²) in [6.45, 7) is 4.93. The van der Waals surface area contributed by atoms with E-state index in [1.807, 2.05) is 19.1 Å². The molecule has 17 heavy (non-hydrogen) atoms. The first kappa shape index (κ1) is 12.0. The lowest BCUT2D eigenvalue weighted by Crippen LogP contribution is -2.01. The van der Waals surface area contributed by atoms with Crippen molar-refractivity contribution in [2.24, 2.45) is 0 Å². The van der Waals surface area contributed by atoms with Crippen LogP contribution in [0.2, 0.25) is 5.02 Å². The second kappa shape index (κ2) is 5.24. The van der Waals surface area contributed by atoms with Crippen LogP contribution in [0.15, 0.2) is 42.5 Å². The van der Waals surface area contributed by atoms with E-state index < -0.39 is 0 Å². The first-order chi connectivity index (χ1) is 8.16. The van der Waals surface area contributed by atoms with Crippen LogP contribution in [0.3, 0.4) is 0 Å². The van der Waals surface area contributed by atoms with Gasteiger partial charge in [-0.15, -0.1) is 0 Å². The summed E-state index contributed by atoms with van der Waals surface area (Å²) < 4.78 is 0. The predicted molar refractivity (Wildman–Crippen MR) is 74.7 cm³/mol. The summed E-state index contributed by atoms with van der Waals surface area (Å²) >= 11 is 6.08. The highest BCUT2D eigenvalue weighted by atomic mass is 35.5. The summed E-state index contributed by atoms with van der Waals surface area (Å²) in [5.74, 6) is 0. The summed E-state index contributed by atoms with van der Waals surface area (Å²) in [5.41, 5.74) is 4.71. The van der Waals surface area contributed by atoms with Crippen LogP contribution in [-0.2, 0) is 6.54 Å². The zero-order valence-electron chi connectivity index (χ0n) is 10.1. The van der Waals surface area contributed by atoms with Gasteiger partial charge in [-0.1, -0.05) is 41.9 Å². The minimum Gasteiger partial charge on any atom is -0.381 e. The van der Waals surface area contributed by atoms with E-state index >= 15 is 0 Å². The normalized spacial score (nSPS) is 10.3. The van der Waals surface area contributed by atoms with Gasteiger partial charge in [0.1, 0.15) is 0 Å². The number of rotatable bonds is 3. The average Bonchev–Trinajstić information content (AvgIpc) is 2.33. The molecule has 0 saturated carbocycles. The summed E-state index contributed by atoms with van der Waals surface area (Å²) in [6, 6.07) is 14.5. The lowest BCUT2D eigenvalue weighted by Gasteiger charge is -2.11. The van der Waals surface area contributed by atoms with Crippen molar-refractivity contribution in [2.45, 2.75) is 20.4 Å². The van der Waals surface area contributed by atoms with Gasteiger partial charge in [-0.25, -0.2) is 0 Å². The quantitative estimate of drug-likeness (QED) is 0.835. The summed E-state index contributed by atoms with van der Waals surface area (Å²) in [5, 5.41) is 4.27. The Balaban J connectivity index is 2.12. The first-order valence-corrected chi connectivity index (χ1v) is 6.09. The Hall–Kier alpha value is -1.47. The number of benzene rings is 2. The molecule has 0 spiro atoms. The Bertz CT molecular complexity index is 506. The van der Waals surface area contributed by atoms with Crippen molar-refractivity contribution in [3.63, 3.8) is 0 Å². The third-order valence-corrected chi connectivity index (χ3v) is 3.24. The maximum absolute atomic E-state index is 6.08. The van der Waals surface area contributed by atoms with Crippen LogP contribution in [0, 0.1) is 13.8 Å². The molecular formula is C15H16ClN. The number of nitrogens with one attached hydrogen (secondary N) is 1. The minimum atomic E-state index is 0.827. The SMILES string of the molecule is Cc1cc(NCc2ccccc2)c(C)cc1Cl. The van der Waals surface area contributed by atoms with Crippen molar-refractivity contribution in [1.29, 1.82) is 0 Å². The standard InChI is InChI=1S/C15H16ClN/c1-11-9-15(12(2)8-14(11)16)17-10-13-6-4-3-5-7-13/h3-9,17H,10H2,1-2H3. The highest BCUT2D eigenvalue weighted by molar-refractivity contribution is 6.31. The summed E-state index contributed by atoms with van der Waals surface area (Å²) in [6.07, 6.45) is 0. The third kappa shape index (κ3) is 3.01. The maximum Gasteiger partial charge on any atom is 0.0439 e. The van der Waals surface area contributed by atoms with E-state index in [9.17, 15) is 0 Å². The smallest absolute Gasteiger partial charge is 0.0439 e. The fraction of sp³-hybridized carbons (Fsp3) is 0.200.